The molecule has 0 aromatic carbocycles. The van der Waals surface area contributed by atoms with Crippen molar-refractivity contribution in [1.82, 2.24) is 19.9 Å². The van der Waals surface area contributed by atoms with Crippen LogP contribution in [-0.4, -0.2) is 19.9 Å². The second-order valence-corrected chi connectivity index (χ2v) is 10.9. The molecule has 8 bridgehead atoms. The molecule has 0 saturated heterocycles. The third-order valence-electron chi connectivity index (χ3n) is 8.93. The molecule has 0 atom stereocenters. The predicted molar refractivity (Wildman–Crippen MR) is 181 cm³/mol. The number of aryl methyl sites for hydroxylation is 6. The molecule has 0 spiro atoms. The number of rotatable bonds is 8. The van der Waals surface area contributed by atoms with E-state index in [0.29, 0.717) is 0 Å². The number of hydrogen-bond acceptors (Lipinski definition) is 2. The van der Waals surface area contributed by atoms with Crippen LogP contribution in [0, 0.1) is 0 Å². The monoisotopic (exact) mass is 626 g/mol. The number of fused-ring (bicyclic) bond motifs is 8. The first kappa shape index (κ1) is 33.9. The van der Waals surface area contributed by atoms with Gasteiger partial charge in [0.1, 0.15) is 0 Å². The summed E-state index contributed by atoms with van der Waals surface area (Å²) in [5, 5.41) is 0. The van der Waals surface area contributed by atoms with Crippen molar-refractivity contribution in [2.45, 2.75) is 107 Å². The van der Waals surface area contributed by atoms with Crippen LogP contribution in [0.1, 0.15) is 124 Å². The molecule has 3 aromatic heterocycles. The zero-order valence-electron chi connectivity index (χ0n) is 26.6. The Morgan fingerprint density at radius 3 is 1.14 bits per heavy atom. The molecule has 42 heavy (non-hydrogen) atoms. The minimum Gasteiger partial charge on any atom is -0.355 e. The maximum Gasteiger partial charge on any atom is 0.0725 e. The van der Waals surface area contributed by atoms with E-state index in [9.17, 15) is 0 Å². The molecule has 0 aliphatic carbocycles. The first-order valence-corrected chi connectivity index (χ1v) is 15.7. The van der Waals surface area contributed by atoms with Gasteiger partial charge in [-0.2, -0.15) is 0 Å². The van der Waals surface area contributed by atoms with E-state index in [1.165, 1.54) is 78.0 Å². The van der Waals surface area contributed by atoms with Gasteiger partial charge in [-0.1, -0.05) is 55.4 Å². The molecular formula is C36H47ClFeN4. The van der Waals surface area contributed by atoms with Gasteiger partial charge in [-0.3, -0.25) is 0 Å². The molecule has 5 heterocycles. The molecule has 2 N–H and O–H groups in total. The maximum absolute atomic E-state index is 5.58. The molecule has 6 heteroatoms. The summed E-state index contributed by atoms with van der Waals surface area (Å²) >= 11 is 0. The van der Waals surface area contributed by atoms with E-state index in [2.05, 4.69) is 89.6 Å². The van der Waals surface area contributed by atoms with Gasteiger partial charge in [-0.05, 0) is 109 Å². The summed E-state index contributed by atoms with van der Waals surface area (Å²) in [4.78, 5) is 18.4. The van der Waals surface area contributed by atoms with Gasteiger partial charge in [0.05, 0.1) is 22.8 Å². The molecule has 4 nitrogen and oxygen atoms in total. The van der Waals surface area contributed by atoms with Crippen molar-refractivity contribution < 1.29 is 17.1 Å². The van der Waals surface area contributed by atoms with Crippen LogP contribution in [0.5, 0.6) is 0 Å². The minimum absolute atomic E-state index is 0. The standard InChI is InChI=1S/C36H46N4.ClH.Fe/c1-9-23-25(11-3)33-29(15-7)35-27(13-5)28(14-6)36(40-35)30(16-8)34-26(12-4)24(10-2)32(39-34)20-22-18-17-21(37-22)19-31(23)38-33;;/h17-20,38-39H,9-16H2,1-8H3;1H;. The molecule has 0 unspecified atom stereocenters. The largest absolute Gasteiger partial charge is 0.355 e. The number of nitrogens with zero attached hydrogens (tertiary/aromatic N) is 2. The van der Waals surface area contributed by atoms with Crippen molar-refractivity contribution >= 4 is 57.8 Å². The van der Waals surface area contributed by atoms with Crippen molar-refractivity contribution in [2.24, 2.45) is 0 Å². The Morgan fingerprint density at radius 2 is 0.833 bits per heavy atom. The second kappa shape index (κ2) is 14.3. The second-order valence-electron chi connectivity index (χ2n) is 10.9. The summed E-state index contributed by atoms with van der Waals surface area (Å²) in [6.07, 6.45) is 12.1. The summed E-state index contributed by atoms with van der Waals surface area (Å²) < 4.78 is 0. The van der Waals surface area contributed by atoms with E-state index in [-0.39, 0.29) is 29.5 Å². The van der Waals surface area contributed by atoms with Crippen LogP contribution in [0.25, 0.3) is 45.4 Å². The zero-order valence-corrected chi connectivity index (χ0v) is 28.5. The Balaban J connectivity index is 0.00000242. The maximum atomic E-state index is 5.58. The minimum atomic E-state index is 0. The van der Waals surface area contributed by atoms with E-state index < -0.39 is 0 Å². The fraction of sp³-hybridized carbons (Fsp3) is 0.444. The predicted octanol–water partition coefficient (Wildman–Crippen LogP) is 10.0. The Hall–Kier alpha value is -2.59. The Kier molecular flexibility index (Phi) is 11.5. The van der Waals surface area contributed by atoms with Crippen molar-refractivity contribution in [1.29, 1.82) is 0 Å². The van der Waals surface area contributed by atoms with E-state index in [4.69, 9.17) is 9.97 Å². The van der Waals surface area contributed by atoms with Gasteiger partial charge in [0, 0.05) is 50.3 Å². The smallest absolute Gasteiger partial charge is 0.0725 e. The summed E-state index contributed by atoms with van der Waals surface area (Å²) in [5.74, 6) is 0. The van der Waals surface area contributed by atoms with Gasteiger partial charge < -0.3 is 9.97 Å². The van der Waals surface area contributed by atoms with Crippen molar-refractivity contribution in [3.05, 3.63) is 68.3 Å². The Morgan fingerprint density at radius 1 is 0.476 bits per heavy atom. The average molecular weight is 627 g/mol. The summed E-state index contributed by atoms with van der Waals surface area (Å²) in [7, 11) is 0. The molecule has 0 radical (unpaired) electrons. The van der Waals surface area contributed by atoms with E-state index in [1.54, 1.807) is 0 Å². The van der Waals surface area contributed by atoms with Crippen LogP contribution in [0.4, 0.5) is 0 Å². The summed E-state index contributed by atoms with van der Waals surface area (Å²) in [6.45, 7) is 18.3. The number of aromatic nitrogens is 4. The van der Waals surface area contributed by atoms with Gasteiger partial charge in [0.25, 0.3) is 0 Å². The van der Waals surface area contributed by atoms with Crippen LogP contribution in [0.2, 0.25) is 0 Å². The molecule has 0 saturated carbocycles. The molecule has 5 rings (SSSR count). The number of H-pyrrole nitrogens is 2. The summed E-state index contributed by atoms with van der Waals surface area (Å²) in [5.41, 5.74) is 20.4. The first-order valence-electron chi connectivity index (χ1n) is 15.7. The Bertz CT molecular complexity index is 1570. The van der Waals surface area contributed by atoms with Gasteiger partial charge >= 0.3 is 0 Å². The number of hydrogen-bond donors (Lipinski definition) is 2. The number of aromatic amines is 2. The van der Waals surface area contributed by atoms with Crippen LogP contribution < -0.4 is 0 Å². The summed E-state index contributed by atoms with van der Waals surface area (Å²) in [6, 6.07) is 4.47. The molecule has 0 amide bonds. The quantitative estimate of drug-likeness (QED) is 0.191. The van der Waals surface area contributed by atoms with Gasteiger partial charge in [-0.15, -0.1) is 12.4 Å². The number of allylic oxidation sites excluding steroid dienone is 2. The molecule has 226 valence electrons. The van der Waals surface area contributed by atoms with Crippen LogP contribution >= 0.6 is 12.4 Å². The third-order valence-corrected chi connectivity index (χ3v) is 8.93. The van der Waals surface area contributed by atoms with Crippen LogP contribution in [-0.2, 0) is 55.6 Å². The van der Waals surface area contributed by atoms with Crippen molar-refractivity contribution in [3.63, 3.8) is 0 Å². The fourth-order valence-corrected chi connectivity index (χ4v) is 7.12. The number of halogens is 1. The van der Waals surface area contributed by atoms with E-state index in [0.717, 1.165) is 62.8 Å². The average Bonchev–Trinajstić information content (AvgIpc) is 3.73. The normalized spacial score (nSPS) is 12.5. The molecular weight excluding hydrogens is 580 g/mol. The third kappa shape index (κ3) is 5.56. The first-order chi connectivity index (χ1) is 19.5. The molecule has 3 aromatic rings. The zero-order chi connectivity index (χ0) is 28.6. The topological polar surface area (TPSA) is 57.4 Å². The van der Waals surface area contributed by atoms with Crippen molar-refractivity contribution in [3.8, 4) is 0 Å². The van der Waals surface area contributed by atoms with E-state index >= 15 is 0 Å². The van der Waals surface area contributed by atoms with Crippen LogP contribution in [0.3, 0.4) is 0 Å². The van der Waals surface area contributed by atoms with Gasteiger partial charge in [0.15, 0.2) is 0 Å². The molecule has 0 fully saturated rings. The van der Waals surface area contributed by atoms with Gasteiger partial charge in [-0.25, -0.2) is 9.97 Å². The van der Waals surface area contributed by atoms with E-state index in [1.807, 2.05) is 0 Å². The van der Waals surface area contributed by atoms with Crippen molar-refractivity contribution in [2.75, 3.05) is 0 Å². The Labute approximate surface area is 268 Å². The number of nitrogens with one attached hydrogen (secondary N) is 2. The fourth-order valence-electron chi connectivity index (χ4n) is 7.12. The molecule has 2 aliphatic rings. The van der Waals surface area contributed by atoms with Gasteiger partial charge in [0.2, 0.25) is 0 Å². The van der Waals surface area contributed by atoms with Crippen LogP contribution in [0.15, 0.2) is 12.1 Å². The SMILES string of the molecule is CCC1=C(CC)c2nc1c(CC)c1[nH]c(cc3nc(cc4[nH]c(c2CC)c(CC)c4CC)C=C3)c(CC)c1CC.Cl.[Fe]. The molecule has 2 aliphatic heterocycles.